The van der Waals surface area contributed by atoms with Crippen LogP contribution in [-0.4, -0.2) is 60.1 Å². The molecule has 126 valence electrons. The number of benzene rings is 1. The molecule has 6 heteroatoms. The number of nitro groups is 1. The van der Waals surface area contributed by atoms with Crippen LogP contribution < -0.4 is 17.0 Å². The van der Waals surface area contributed by atoms with Gasteiger partial charge in [-0.1, -0.05) is 24.3 Å². The van der Waals surface area contributed by atoms with E-state index in [4.69, 9.17) is 0 Å². The molecule has 5 nitrogen and oxygen atoms in total. The maximum atomic E-state index is 10.8. The number of nitrogens with zero attached hydrogens (tertiary/aromatic N) is 3. The third kappa shape index (κ3) is 4.62. The van der Waals surface area contributed by atoms with Crippen LogP contribution in [0.3, 0.4) is 0 Å². The molecule has 2 aliphatic rings. The maximum absolute atomic E-state index is 10.8. The Morgan fingerprint density at radius 2 is 1.87 bits per heavy atom. The van der Waals surface area contributed by atoms with Gasteiger partial charge in [0.15, 0.2) is 0 Å². The Labute approximate surface area is 148 Å². The van der Waals surface area contributed by atoms with E-state index in [1.807, 2.05) is 12.1 Å². The first-order valence-electron chi connectivity index (χ1n) is 8.15. The van der Waals surface area contributed by atoms with Crippen molar-refractivity contribution in [1.29, 1.82) is 0 Å². The van der Waals surface area contributed by atoms with E-state index in [2.05, 4.69) is 11.0 Å². The quantitative estimate of drug-likeness (QED) is 0.402. The van der Waals surface area contributed by atoms with Crippen molar-refractivity contribution in [3.8, 4) is 0 Å². The number of quaternary nitrogens is 1. The van der Waals surface area contributed by atoms with E-state index in [0.29, 0.717) is 0 Å². The summed E-state index contributed by atoms with van der Waals surface area (Å²) in [6, 6.07) is 6.79. The Morgan fingerprint density at radius 3 is 2.52 bits per heavy atom. The van der Waals surface area contributed by atoms with Gasteiger partial charge in [-0.3, -0.25) is 15.0 Å². The zero-order valence-electron chi connectivity index (χ0n) is 13.4. The lowest BCUT2D eigenvalue weighted by Crippen LogP contribution is -3.00. The molecular weight excluding hydrogens is 358 g/mol. The SMILES string of the molecule is O=[N+]([O-])c1cccc(/C=C/CN2CC[N+]3(CCCC3)CC2)c1.[Br-]. The van der Waals surface area contributed by atoms with Crippen molar-refractivity contribution in [2.24, 2.45) is 0 Å². The number of halogens is 1. The zero-order valence-corrected chi connectivity index (χ0v) is 15.0. The van der Waals surface area contributed by atoms with Crippen LogP contribution in [-0.2, 0) is 0 Å². The van der Waals surface area contributed by atoms with Crippen LogP contribution in [0.1, 0.15) is 18.4 Å². The molecule has 0 saturated carbocycles. The van der Waals surface area contributed by atoms with Crippen molar-refractivity contribution in [1.82, 2.24) is 4.90 Å². The lowest BCUT2D eigenvalue weighted by Gasteiger charge is -2.41. The Hall–Kier alpha value is -1.24. The van der Waals surface area contributed by atoms with Gasteiger partial charge in [-0.2, -0.15) is 0 Å². The monoisotopic (exact) mass is 381 g/mol. The molecule has 0 atom stereocenters. The van der Waals surface area contributed by atoms with Gasteiger partial charge in [0.05, 0.1) is 31.1 Å². The van der Waals surface area contributed by atoms with Crippen LogP contribution in [0.15, 0.2) is 30.3 Å². The topological polar surface area (TPSA) is 46.4 Å². The largest absolute Gasteiger partial charge is 1.00 e. The van der Waals surface area contributed by atoms with Crippen molar-refractivity contribution in [3.05, 3.63) is 46.0 Å². The van der Waals surface area contributed by atoms with Gasteiger partial charge in [0.1, 0.15) is 0 Å². The molecule has 2 heterocycles. The molecule has 0 aromatic heterocycles. The van der Waals surface area contributed by atoms with Gasteiger partial charge in [0, 0.05) is 44.6 Å². The molecule has 1 spiro atoms. The molecule has 2 saturated heterocycles. The number of hydrogen-bond acceptors (Lipinski definition) is 3. The molecule has 2 aliphatic heterocycles. The van der Waals surface area contributed by atoms with Crippen molar-refractivity contribution in [2.45, 2.75) is 12.8 Å². The smallest absolute Gasteiger partial charge is 0.270 e. The summed E-state index contributed by atoms with van der Waals surface area (Å²) in [5, 5.41) is 10.8. The third-order valence-corrected chi connectivity index (χ3v) is 5.05. The minimum absolute atomic E-state index is 0. The zero-order chi connectivity index (χ0) is 15.4. The molecule has 23 heavy (non-hydrogen) atoms. The second-order valence-electron chi connectivity index (χ2n) is 6.50. The second-order valence-corrected chi connectivity index (χ2v) is 6.50. The first-order valence-corrected chi connectivity index (χ1v) is 8.15. The minimum atomic E-state index is -0.346. The fraction of sp³-hybridized carbons (Fsp3) is 0.529. The molecule has 0 radical (unpaired) electrons. The standard InChI is InChI=1S/C17H24N3O2.BrH/c21-19(22)17-7-3-5-16(15-17)6-4-8-18-9-13-20(14-10-18)11-1-2-12-20;/h3-7,15H,1-2,8-14H2;1H/q+1;/p-1/b6-4+;. The van der Waals surface area contributed by atoms with Crippen LogP contribution in [0, 0.1) is 10.1 Å². The number of piperazine rings is 1. The van der Waals surface area contributed by atoms with Crippen LogP contribution in [0.25, 0.3) is 6.08 Å². The highest BCUT2D eigenvalue weighted by Crippen LogP contribution is 2.22. The lowest BCUT2D eigenvalue weighted by atomic mass is 10.2. The fourth-order valence-corrected chi connectivity index (χ4v) is 3.65. The van der Waals surface area contributed by atoms with Crippen molar-refractivity contribution in [3.63, 3.8) is 0 Å². The van der Waals surface area contributed by atoms with Crippen molar-refractivity contribution < 1.29 is 26.4 Å². The summed E-state index contributed by atoms with van der Waals surface area (Å²) in [5.41, 5.74) is 1.05. The average molecular weight is 382 g/mol. The van der Waals surface area contributed by atoms with Gasteiger partial charge in [-0.25, -0.2) is 0 Å². The molecule has 0 N–H and O–H groups in total. The minimum Gasteiger partial charge on any atom is -1.00 e. The summed E-state index contributed by atoms with van der Waals surface area (Å²) in [5.74, 6) is 0. The number of rotatable bonds is 4. The highest BCUT2D eigenvalue weighted by Gasteiger charge is 2.35. The second kappa shape index (κ2) is 8.04. The highest BCUT2D eigenvalue weighted by atomic mass is 79.9. The Morgan fingerprint density at radius 1 is 1.17 bits per heavy atom. The van der Waals surface area contributed by atoms with E-state index in [0.717, 1.165) is 12.1 Å². The predicted molar refractivity (Wildman–Crippen MR) is 87.5 cm³/mol. The molecule has 0 bridgehead atoms. The molecule has 1 aromatic carbocycles. The van der Waals surface area contributed by atoms with Gasteiger partial charge < -0.3 is 21.5 Å². The third-order valence-electron chi connectivity index (χ3n) is 5.05. The molecule has 1 aromatic rings. The van der Waals surface area contributed by atoms with Gasteiger partial charge in [0.2, 0.25) is 0 Å². The summed E-state index contributed by atoms with van der Waals surface area (Å²) in [4.78, 5) is 12.9. The molecule has 0 unspecified atom stereocenters. The highest BCUT2D eigenvalue weighted by molar-refractivity contribution is 5.53. The fourth-order valence-electron chi connectivity index (χ4n) is 3.65. The maximum Gasteiger partial charge on any atom is 0.270 e. The van der Waals surface area contributed by atoms with Gasteiger partial charge in [-0.05, 0) is 5.56 Å². The molecule has 2 fully saturated rings. The van der Waals surface area contributed by atoms with Crippen molar-refractivity contribution >= 4 is 11.8 Å². The van der Waals surface area contributed by atoms with E-state index in [9.17, 15) is 10.1 Å². The predicted octanol–water partition coefficient (Wildman–Crippen LogP) is -0.462. The Balaban J connectivity index is 0.00000192. The van der Waals surface area contributed by atoms with Gasteiger partial charge in [-0.15, -0.1) is 0 Å². The van der Waals surface area contributed by atoms with Gasteiger partial charge >= 0.3 is 0 Å². The number of nitro benzene ring substituents is 1. The Kier molecular flexibility index (Phi) is 6.33. The molecule has 0 amide bonds. The lowest BCUT2D eigenvalue weighted by molar-refractivity contribution is -0.920. The number of non-ortho nitro benzene ring substituents is 1. The molecule has 3 rings (SSSR count). The van der Waals surface area contributed by atoms with E-state index in [-0.39, 0.29) is 27.6 Å². The first kappa shape index (κ1) is 18.1. The van der Waals surface area contributed by atoms with Crippen LogP contribution in [0.4, 0.5) is 5.69 Å². The summed E-state index contributed by atoms with van der Waals surface area (Å²) in [6.45, 7) is 8.57. The van der Waals surface area contributed by atoms with E-state index in [1.165, 1.54) is 62.7 Å². The summed E-state index contributed by atoms with van der Waals surface area (Å²) < 4.78 is 1.34. The molecular formula is C17H24BrN3O2. The van der Waals surface area contributed by atoms with Gasteiger partial charge in [0.25, 0.3) is 5.69 Å². The van der Waals surface area contributed by atoms with E-state index in [1.54, 1.807) is 12.1 Å². The Bertz CT molecular complexity index is 561. The van der Waals surface area contributed by atoms with Crippen LogP contribution in [0.2, 0.25) is 0 Å². The normalized spacial score (nSPS) is 20.7. The summed E-state index contributed by atoms with van der Waals surface area (Å²) in [7, 11) is 0. The van der Waals surface area contributed by atoms with E-state index < -0.39 is 0 Å². The number of hydrogen-bond donors (Lipinski definition) is 0. The van der Waals surface area contributed by atoms with Crippen LogP contribution in [0.5, 0.6) is 0 Å². The molecule has 0 aliphatic carbocycles. The van der Waals surface area contributed by atoms with Crippen molar-refractivity contribution in [2.75, 3.05) is 45.8 Å². The summed E-state index contributed by atoms with van der Waals surface area (Å²) >= 11 is 0. The summed E-state index contributed by atoms with van der Waals surface area (Å²) in [6.07, 6.45) is 6.90. The average Bonchev–Trinajstić information content (AvgIpc) is 2.98. The van der Waals surface area contributed by atoms with Crippen LogP contribution >= 0.6 is 0 Å². The first-order chi connectivity index (χ1) is 10.7. The van der Waals surface area contributed by atoms with E-state index >= 15 is 0 Å².